The van der Waals surface area contributed by atoms with Crippen LogP contribution >= 0.6 is 0 Å². The van der Waals surface area contributed by atoms with Gasteiger partial charge in [0.2, 0.25) is 0 Å². The van der Waals surface area contributed by atoms with Gasteiger partial charge in [-0.05, 0) is 32.4 Å². The molecule has 1 amide bonds. The lowest BCUT2D eigenvalue weighted by Gasteiger charge is -2.30. The minimum Gasteiger partial charge on any atom is -0.354 e. The van der Waals surface area contributed by atoms with Crippen molar-refractivity contribution in [1.82, 2.24) is 9.88 Å². The molecular formula is C18H23N4O2+. The second kappa shape index (κ2) is 6.47. The molecular weight excluding hydrogens is 304 g/mol. The number of nitrogens with one attached hydrogen (secondary N) is 2. The van der Waals surface area contributed by atoms with Crippen LogP contribution in [0.4, 0.5) is 5.82 Å². The largest absolute Gasteiger partial charge is 0.354 e. The highest BCUT2D eigenvalue weighted by atomic mass is 16.2. The van der Waals surface area contributed by atoms with Gasteiger partial charge in [-0.2, -0.15) is 0 Å². The Labute approximate surface area is 141 Å². The zero-order valence-corrected chi connectivity index (χ0v) is 14.3. The molecule has 1 saturated heterocycles. The molecule has 0 aliphatic carbocycles. The van der Waals surface area contributed by atoms with Crippen LogP contribution in [0.3, 0.4) is 0 Å². The van der Waals surface area contributed by atoms with Gasteiger partial charge in [0.1, 0.15) is 18.8 Å². The molecule has 24 heavy (non-hydrogen) atoms. The number of nitrogens with zero attached hydrogens (tertiary/aromatic N) is 2. The fourth-order valence-corrected chi connectivity index (χ4v) is 3.38. The highest BCUT2D eigenvalue weighted by Gasteiger charge is 2.29. The van der Waals surface area contributed by atoms with Crippen LogP contribution in [0.25, 0.3) is 0 Å². The molecule has 0 unspecified atom stereocenters. The van der Waals surface area contributed by atoms with Gasteiger partial charge in [-0.1, -0.05) is 6.07 Å². The van der Waals surface area contributed by atoms with Crippen molar-refractivity contribution < 1.29 is 14.6 Å². The smallest absolute Gasteiger partial charge is 0.274 e. The summed E-state index contributed by atoms with van der Waals surface area (Å²) in [5.74, 6) is 1.03. The molecule has 0 saturated carbocycles. The van der Waals surface area contributed by atoms with E-state index >= 15 is 0 Å². The number of H-pyrrole nitrogens is 2. The number of hydrogen-bond acceptors (Lipinski definition) is 3. The first-order valence-corrected chi connectivity index (χ1v) is 8.20. The lowest BCUT2D eigenvalue weighted by atomic mass is 10.1. The van der Waals surface area contributed by atoms with E-state index in [4.69, 9.17) is 0 Å². The first-order chi connectivity index (χ1) is 11.5. The van der Waals surface area contributed by atoms with Crippen LogP contribution in [-0.2, 0) is 0 Å². The molecule has 0 aromatic carbocycles. The molecule has 1 aliphatic heterocycles. The van der Waals surface area contributed by atoms with Gasteiger partial charge in [0, 0.05) is 17.3 Å². The molecule has 2 aromatic heterocycles. The Morgan fingerprint density at radius 3 is 2.38 bits per heavy atom. The summed E-state index contributed by atoms with van der Waals surface area (Å²) in [7, 11) is 0. The van der Waals surface area contributed by atoms with Crippen LogP contribution in [0.2, 0.25) is 0 Å². The second-order valence-corrected chi connectivity index (χ2v) is 6.21. The first-order valence-electron chi connectivity index (χ1n) is 8.20. The van der Waals surface area contributed by atoms with Crippen molar-refractivity contribution in [2.75, 3.05) is 31.1 Å². The van der Waals surface area contributed by atoms with Gasteiger partial charge < -0.3 is 9.88 Å². The third-order valence-corrected chi connectivity index (χ3v) is 4.60. The summed E-state index contributed by atoms with van der Waals surface area (Å²) in [4.78, 5) is 35.0. The summed E-state index contributed by atoms with van der Waals surface area (Å²) in [5, 5.41) is 0. The molecule has 2 N–H and O–H groups in total. The first kappa shape index (κ1) is 16.2. The van der Waals surface area contributed by atoms with E-state index in [1.165, 1.54) is 6.92 Å². The van der Waals surface area contributed by atoms with Crippen molar-refractivity contribution in [3.05, 3.63) is 46.9 Å². The van der Waals surface area contributed by atoms with Crippen molar-refractivity contribution >= 4 is 17.5 Å². The van der Waals surface area contributed by atoms with Crippen molar-refractivity contribution in [3.8, 4) is 0 Å². The standard InChI is InChI=1S/C18H22N4O2/c1-12-16(14(3)23)13(2)20-17(12)18(24)22-10-8-21(9-11-22)15-6-4-5-7-19-15/h4-7,20H,8-11H2,1-3H3/p+1. The van der Waals surface area contributed by atoms with Crippen LogP contribution in [0.15, 0.2) is 24.4 Å². The van der Waals surface area contributed by atoms with Gasteiger partial charge >= 0.3 is 0 Å². The average Bonchev–Trinajstić information content (AvgIpc) is 2.89. The normalized spacial score (nSPS) is 14.8. The van der Waals surface area contributed by atoms with Crippen LogP contribution in [0, 0.1) is 13.8 Å². The van der Waals surface area contributed by atoms with E-state index in [1.54, 1.807) is 0 Å². The predicted octanol–water partition coefficient (Wildman–Crippen LogP) is 1.61. The minimum absolute atomic E-state index is 0.00951. The summed E-state index contributed by atoms with van der Waals surface area (Å²) in [6, 6.07) is 5.99. The monoisotopic (exact) mass is 327 g/mol. The Kier molecular flexibility index (Phi) is 4.38. The van der Waals surface area contributed by atoms with Gasteiger partial charge in [0.05, 0.1) is 19.3 Å². The Bertz CT molecular complexity index is 759. The zero-order chi connectivity index (χ0) is 17.3. The van der Waals surface area contributed by atoms with Gasteiger partial charge in [0.15, 0.2) is 5.78 Å². The molecule has 1 fully saturated rings. The van der Waals surface area contributed by atoms with E-state index in [-0.39, 0.29) is 11.7 Å². The van der Waals surface area contributed by atoms with Crippen LogP contribution < -0.4 is 9.88 Å². The van der Waals surface area contributed by atoms with Crippen LogP contribution in [-0.4, -0.2) is 47.8 Å². The zero-order valence-electron chi connectivity index (χ0n) is 14.3. The number of aromatic nitrogens is 2. The molecule has 2 aromatic rings. The molecule has 126 valence electrons. The quantitative estimate of drug-likeness (QED) is 0.871. The van der Waals surface area contributed by atoms with Gasteiger partial charge in [-0.15, -0.1) is 0 Å². The molecule has 6 nitrogen and oxygen atoms in total. The fourth-order valence-electron chi connectivity index (χ4n) is 3.38. The fraction of sp³-hybridized carbons (Fsp3) is 0.389. The topological polar surface area (TPSA) is 70.6 Å². The summed E-state index contributed by atoms with van der Waals surface area (Å²) in [6.07, 6.45) is 1.90. The van der Waals surface area contributed by atoms with Gasteiger partial charge in [-0.3, -0.25) is 14.5 Å². The van der Waals surface area contributed by atoms with E-state index in [0.29, 0.717) is 24.3 Å². The molecule has 0 atom stereocenters. The number of piperazine rings is 1. The third kappa shape index (κ3) is 2.91. The second-order valence-electron chi connectivity index (χ2n) is 6.21. The van der Waals surface area contributed by atoms with E-state index in [0.717, 1.165) is 30.2 Å². The molecule has 1 aliphatic rings. The lowest BCUT2D eigenvalue weighted by molar-refractivity contribution is -0.364. The Hall–Kier alpha value is -2.63. The molecule has 3 heterocycles. The van der Waals surface area contributed by atoms with E-state index in [2.05, 4.69) is 14.9 Å². The highest BCUT2D eigenvalue weighted by molar-refractivity contribution is 6.02. The van der Waals surface area contributed by atoms with E-state index in [9.17, 15) is 9.59 Å². The highest BCUT2D eigenvalue weighted by Crippen LogP contribution is 2.21. The summed E-state index contributed by atoms with van der Waals surface area (Å²) in [6.45, 7) is 8.09. The number of aromatic amines is 2. The predicted molar refractivity (Wildman–Crippen MR) is 91.4 cm³/mol. The van der Waals surface area contributed by atoms with Crippen molar-refractivity contribution in [2.45, 2.75) is 20.8 Å². The number of ketones is 1. The molecule has 0 bridgehead atoms. The van der Waals surface area contributed by atoms with Crippen LogP contribution in [0.1, 0.15) is 39.0 Å². The third-order valence-electron chi connectivity index (χ3n) is 4.60. The molecule has 0 spiro atoms. The van der Waals surface area contributed by atoms with Crippen LogP contribution in [0.5, 0.6) is 0 Å². The number of carbonyl (C=O) groups excluding carboxylic acids is 2. The molecule has 3 rings (SSSR count). The van der Waals surface area contributed by atoms with Gasteiger partial charge in [0.25, 0.3) is 11.7 Å². The molecule has 0 radical (unpaired) electrons. The van der Waals surface area contributed by atoms with Crippen molar-refractivity contribution in [3.63, 3.8) is 0 Å². The Balaban J connectivity index is 1.72. The van der Waals surface area contributed by atoms with Crippen molar-refractivity contribution in [1.29, 1.82) is 0 Å². The Morgan fingerprint density at radius 2 is 1.83 bits per heavy atom. The number of Topliss-reactive ketones (excluding diaryl/α,β-unsaturated/α-hetero) is 1. The molecule has 6 heteroatoms. The lowest BCUT2D eigenvalue weighted by Crippen LogP contribution is -2.50. The number of rotatable bonds is 3. The number of pyridine rings is 1. The maximum atomic E-state index is 12.8. The summed E-state index contributed by atoms with van der Waals surface area (Å²) >= 11 is 0. The maximum Gasteiger partial charge on any atom is 0.274 e. The summed E-state index contributed by atoms with van der Waals surface area (Å²) in [5.41, 5.74) is 2.69. The number of anilines is 1. The van der Waals surface area contributed by atoms with Gasteiger partial charge in [-0.25, -0.2) is 4.98 Å². The van der Waals surface area contributed by atoms with E-state index in [1.807, 2.05) is 43.1 Å². The maximum absolute atomic E-state index is 12.8. The summed E-state index contributed by atoms with van der Waals surface area (Å²) < 4.78 is 0. The number of carbonyl (C=O) groups is 2. The van der Waals surface area contributed by atoms with Crippen molar-refractivity contribution in [2.24, 2.45) is 0 Å². The number of aryl methyl sites for hydroxylation is 1. The number of amides is 1. The average molecular weight is 327 g/mol. The minimum atomic E-state index is -0.0280. The Morgan fingerprint density at radius 1 is 1.12 bits per heavy atom. The number of hydrogen-bond donors (Lipinski definition) is 1. The van der Waals surface area contributed by atoms with E-state index < -0.39 is 0 Å². The SMILES string of the molecule is CC(=O)c1c(C)[nH]c(C(=O)N2CCN(c3cccc[nH+]3)CC2)c1C.